The Labute approximate surface area is 131 Å². The molecule has 0 aromatic heterocycles. The molecule has 5 nitrogen and oxygen atoms in total. The predicted molar refractivity (Wildman–Crippen MR) is 80.8 cm³/mol. The lowest BCUT2D eigenvalue weighted by Gasteiger charge is -2.09. The molecule has 2 N–H and O–H groups in total. The molecule has 1 aromatic rings. The Bertz CT molecular complexity index is 604. The summed E-state index contributed by atoms with van der Waals surface area (Å²) in [6.45, 7) is 2.34. The first-order chi connectivity index (χ1) is 9.29. The van der Waals surface area contributed by atoms with Gasteiger partial charge in [-0.05, 0) is 34.5 Å². The number of unbranched alkanes of at least 4 members (excludes halogenated alkanes) is 2. The summed E-state index contributed by atoms with van der Waals surface area (Å²) >= 11 is 8.88. The molecule has 0 amide bonds. The number of sulfonamides is 1. The van der Waals surface area contributed by atoms with E-state index in [-0.39, 0.29) is 20.0 Å². The number of rotatable bonds is 7. The van der Waals surface area contributed by atoms with E-state index in [2.05, 4.69) is 20.7 Å². The zero-order valence-electron chi connectivity index (χ0n) is 10.8. The van der Waals surface area contributed by atoms with E-state index in [1.165, 1.54) is 6.07 Å². The minimum Gasteiger partial charge on any atom is -0.478 e. The van der Waals surface area contributed by atoms with E-state index in [1.54, 1.807) is 0 Å². The van der Waals surface area contributed by atoms with Crippen molar-refractivity contribution in [3.05, 3.63) is 27.2 Å². The highest BCUT2D eigenvalue weighted by molar-refractivity contribution is 9.10. The molecule has 0 fully saturated rings. The molecule has 0 heterocycles. The highest BCUT2D eigenvalue weighted by Crippen LogP contribution is 2.29. The molecule has 0 spiro atoms. The molecular weight excluding hydrogens is 370 g/mol. The van der Waals surface area contributed by atoms with Gasteiger partial charge in [0.2, 0.25) is 10.0 Å². The van der Waals surface area contributed by atoms with E-state index >= 15 is 0 Å². The van der Waals surface area contributed by atoms with Crippen LogP contribution in [0.25, 0.3) is 0 Å². The maximum Gasteiger partial charge on any atom is 0.337 e. The quantitative estimate of drug-likeness (QED) is 0.707. The first-order valence-electron chi connectivity index (χ1n) is 6.01. The summed E-state index contributed by atoms with van der Waals surface area (Å²) in [7, 11) is -3.74. The molecule has 0 aliphatic carbocycles. The maximum atomic E-state index is 12.1. The molecule has 0 aliphatic heterocycles. The van der Waals surface area contributed by atoms with Gasteiger partial charge in [-0.15, -0.1) is 0 Å². The summed E-state index contributed by atoms with van der Waals surface area (Å²) in [5.74, 6) is -1.28. The molecule has 20 heavy (non-hydrogen) atoms. The van der Waals surface area contributed by atoms with Gasteiger partial charge in [0.1, 0.15) is 0 Å². The van der Waals surface area contributed by atoms with Crippen LogP contribution in [0.1, 0.15) is 36.5 Å². The van der Waals surface area contributed by atoms with Gasteiger partial charge >= 0.3 is 5.97 Å². The lowest BCUT2D eigenvalue weighted by Crippen LogP contribution is -2.25. The van der Waals surface area contributed by atoms with Gasteiger partial charge in [0.15, 0.2) is 0 Å². The van der Waals surface area contributed by atoms with E-state index in [4.69, 9.17) is 16.7 Å². The zero-order chi connectivity index (χ0) is 15.3. The Morgan fingerprint density at radius 1 is 1.40 bits per heavy atom. The van der Waals surface area contributed by atoms with E-state index < -0.39 is 16.0 Å². The smallest absolute Gasteiger partial charge is 0.337 e. The number of nitrogens with one attached hydrogen (secondary N) is 1. The lowest BCUT2D eigenvalue weighted by atomic mass is 10.2. The van der Waals surface area contributed by atoms with Crippen molar-refractivity contribution in [3.63, 3.8) is 0 Å². The summed E-state index contributed by atoms with van der Waals surface area (Å²) in [5.41, 5.74) is -0.255. The second-order valence-corrected chi connectivity index (χ2v) is 7.18. The fourth-order valence-corrected chi connectivity index (χ4v) is 3.47. The fourth-order valence-electron chi connectivity index (χ4n) is 1.54. The van der Waals surface area contributed by atoms with E-state index in [1.807, 2.05) is 6.92 Å². The van der Waals surface area contributed by atoms with Crippen molar-refractivity contribution < 1.29 is 18.3 Å². The first-order valence-corrected chi connectivity index (χ1v) is 8.67. The monoisotopic (exact) mass is 383 g/mol. The van der Waals surface area contributed by atoms with Crippen LogP contribution in [0.3, 0.4) is 0 Å². The molecular formula is C12H15BrClNO4S. The third-order valence-corrected chi connectivity index (χ3v) is 5.32. The average Bonchev–Trinajstić information content (AvgIpc) is 2.37. The Kier molecular flexibility index (Phi) is 6.44. The van der Waals surface area contributed by atoms with Crippen molar-refractivity contribution in [2.45, 2.75) is 31.1 Å². The van der Waals surface area contributed by atoms with Crippen molar-refractivity contribution in [1.82, 2.24) is 4.72 Å². The summed E-state index contributed by atoms with van der Waals surface area (Å²) in [6.07, 6.45) is 2.64. The molecule has 1 aromatic carbocycles. The van der Waals surface area contributed by atoms with Gasteiger partial charge in [0.25, 0.3) is 0 Å². The van der Waals surface area contributed by atoms with Crippen LogP contribution in [0.15, 0.2) is 21.5 Å². The van der Waals surface area contributed by atoms with Crippen LogP contribution in [0.4, 0.5) is 0 Å². The van der Waals surface area contributed by atoms with Crippen LogP contribution < -0.4 is 4.72 Å². The van der Waals surface area contributed by atoms with Gasteiger partial charge in [-0.3, -0.25) is 0 Å². The normalized spacial score (nSPS) is 11.6. The minimum atomic E-state index is -3.74. The van der Waals surface area contributed by atoms with Gasteiger partial charge in [-0.25, -0.2) is 17.9 Å². The molecule has 0 atom stereocenters. The molecule has 0 aliphatic rings. The molecule has 0 saturated carbocycles. The fraction of sp³-hybridized carbons (Fsp3) is 0.417. The Morgan fingerprint density at radius 3 is 2.60 bits per heavy atom. The van der Waals surface area contributed by atoms with Crippen molar-refractivity contribution in [1.29, 1.82) is 0 Å². The van der Waals surface area contributed by atoms with Gasteiger partial charge in [-0.2, -0.15) is 0 Å². The zero-order valence-corrected chi connectivity index (χ0v) is 14.0. The Balaban J connectivity index is 3.04. The maximum absolute atomic E-state index is 12.1. The van der Waals surface area contributed by atoms with Crippen molar-refractivity contribution >= 4 is 43.5 Å². The summed E-state index contributed by atoms with van der Waals surface area (Å²) < 4.78 is 26.8. The second-order valence-electron chi connectivity index (χ2n) is 4.18. The number of hydrogen-bond acceptors (Lipinski definition) is 3. The summed E-state index contributed by atoms with van der Waals surface area (Å²) in [4.78, 5) is 10.9. The summed E-state index contributed by atoms with van der Waals surface area (Å²) in [5, 5.41) is 8.98. The third kappa shape index (κ3) is 4.44. The van der Waals surface area contributed by atoms with Crippen LogP contribution in [0.5, 0.6) is 0 Å². The van der Waals surface area contributed by atoms with Crippen LogP contribution in [-0.2, 0) is 10.0 Å². The van der Waals surface area contributed by atoms with Crippen LogP contribution in [0, 0.1) is 0 Å². The van der Waals surface area contributed by atoms with E-state index in [9.17, 15) is 13.2 Å². The number of aromatic carboxylic acids is 1. The largest absolute Gasteiger partial charge is 0.478 e. The molecule has 8 heteroatoms. The van der Waals surface area contributed by atoms with Crippen LogP contribution in [-0.4, -0.2) is 26.0 Å². The Hall–Kier alpha value is -0.630. The first kappa shape index (κ1) is 17.4. The second kappa shape index (κ2) is 7.40. The lowest BCUT2D eigenvalue weighted by molar-refractivity contribution is 0.0696. The molecule has 0 saturated heterocycles. The molecule has 0 bridgehead atoms. The SMILES string of the molecule is CCCCCNS(=O)(=O)c1cc(Br)c(Cl)c(C(=O)O)c1. The number of carbonyl (C=O) groups is 1. The van der Waals surface area contributed by atoms with Crippen molar-refractivity contribution in [2.24, 2.45) is 0 Å². The molecule has 0 unspecified atom stereocenters. The highest BCUT2D eigenvalue weighted by Gasteiger charge is 2.20. The number of hydrogen-bond donors (Lipinski definition) is 2. The molecule has 112 valence electrons. The van der Waals surface area contributed by atoms with Gasteiger partial charge in [0.05, 0.1) is 15.5 Å². The van der Waals surface area contributed by atoms with E-state index in [0.29, 0.717) is 6.54 Å². The highest BCUT2D eigenvalue weighted by atomic mass is 79.9. The minimum absolute atomic E-state index is 0.0255. The number of halogens is 2. The number of carboxylic acid groups (broad SMARTS) is 1. The third-order valence-electron chi connectivity index (χ3n) is 2.61. The van der Waals surface area contributed by atoms with Gasteiger partial charge < -0.3 is 5.11 Å². The van der Waals surface area contributed by atoms with Gasteiger partial charge in [-0.1, -0.05) is 31.4 Å². The standard InChI is InChI=1S/C12H15BrClNO4S/c1-2-3-4-5-15-20(18,19)8-6-9(12(16)17)11(14)10(13)7-8/h6-7,15H,2-5H2,1H3,(H,16,17). The number of carboxylic acids is 1. The topological polar surface area (TPSA) is 83.5 Å². The Morgan fingerprint density at radius 2 is 2.05 bits per heavy atom. The van der Waals surface area contributed by atoms with Gasteiger partial charge in [0, 0.05) is 11.0 Å². The molecule has 1 rings (SSSR count). The van der Waals surface area contributed by atoms with Crippen LogP contribution in [0.2, 0.25) is 5.02 Å². The van der Waals surface area contributed by atoms with E-state index in [0.717, 1.165) is 25.3 Å². The van der Waals surface area contributed by atoms with Crippen LogP contribution >= 0.6 is 27.5 Å². The number of benzene rings is 1. The summed E-state index contributed by atoms with van der Waals surface area (Å²) in [6, 6.07) is 2.34. The molecule has 0 radical (unpaired) electrons. The van der Waals surface area contributed by atoms with Crippen molar-refractivity contribution in [3.8, 4) is 0 Å². The average molecular weight is 385 g/mol. The van der Waals surface area contributed by atoms with Crippen molar-refractivity contribution in [2.75, 3.05) is 6.54 Å². The predicted octanol–water partition coefficient (Wildman–Crippen LogP) is 3.27.